The third-order valence-corrected chi connectivity index (χ3v) is 4.55. The van der Waals surface area contributed by atoms with Crippen LogP contribution in [0.2, 0.25) is 0 Å². The summed E-state index contributed by atoms with van der Waals surface area (Å²) in [4.78, 5) is 15.3. The summed E-state index contributed by atoms with van der Waals surface area (Å²) in [6.45, 7) is 2.06. The van der Waals surface area contributed by atoms with Crippen LogP contribution < -0.4 is 5.32 Å². The minimum Gasteiger partial charge on any atom is -0.378 e. The van der Waals surface area contributed by atoms with E-state index in [-0.39, 0.29) is 0 Å². The lowest BCUT2D eigenvalue weighted by atomic mass is 10.0. The number of likely N-dealkylation sites (N-methyl/N-ethyl adjacent to an activating group) is 1. The Bertz CT molecular complexity index is 868. The first-order valence-corrected chi connectivity index (χ1v) is 9.66. The predicted octanol–water partition coefficient (Wildman–Crippen LogP) is 4.85. The molecule has 3 N–H and O–H groups in total. The van der Waals surface area contributed by atoms with Gasteiger partial charge in [0, 0.05) is 39.6 Å². The summed E-state index contributed by atoms with van der Waals surface area (Å²) in [6.07, 6.45) is 9.33. The summed E-state index contributed by atoms with van der Waals surface area (Å²) < 4.78 is 0.916. The molecule has 0 aliphatic heterocycles. The third kappa shape index (κ3) is 4.87. The fourth-order valence-corrected chi connectivity index (χ4v) is 3.14. The van der Waals surface area contributed by atoms with Crippen LogP contribution in [0.25, 0.3) is 17.0 Å². The lowest BCUT2D eigenvalue weighted by molar-refractivity contribution is -0.129. The van der Waals surface area contributed by atoms with Crippen molar-refractivity contribution in [3.05, 3.63) is 63.8 Å². The Balaban J connectivity index is 2.54. The van der Waals surface area contributed by atoms with Gasteiger partial charge >= 0.3 is 0 Å². The van der Waals surface area contributed by atoms with E-state index < -0.39 is 12.0 Å². The molecule has 1 unspecified atom stereocenters. The Kier molecular flexibility index (Phi) is 7.69. The number of carbonyl (C=O) groups is 1. The van der Waals surface area contributed by atoms with Gasteiger partial charge in [-0.3, -0.25) is 4.79 Å². The van der Waals surface area contributed by atoms with E-state index in [1.807, 2.05) is 42.5 Å². The van der Waals surface area contributed by atoms with E-state index in [2.05, 4.69) is 39.2 Å². The topological polar surface area (TPSA) is 65.1 Å². The van der Waals surface area contributed by atoms with Crippen molar-refractivity contribution in [2.75, 3.05) is 12.9 Å². The number of halogens is 2. The van der Waals surface area contributed by atoms with Crippen molar-refractivity contribution >= 4 is 50.4 Å². The summed E-state index contributed by atoms with van der Waals surface area (Å²) in [7, 11) is 1.51. The molecule has 6 heteroatoms. The lowest BCUT2D eigenvalue weighted by Crippen LogP contribution is -2.25. The Labute approximate surface area is 166 Å². The summed E-state index contributed by atoms with van der Waals surface area (Å²) in [5.41, 5.74) is 3.10. The number of aromatic amines is 1. The Morgan fingerprint density at radius 1 is 1.42 bits per heavy atom. The number of nitrogens with one attached hydrogen (secondary N) is 2. The second kappa shape index (κ2) is 9.76. The molecule has 0 fully saturated rings. The molecule has 1 amide bonds. The quantitative estimate of drug-likeness (QED) is 0.428. The van der Waals surface area contributed by atoms with Crippen molar-refractivity contribution in [1.29, 1.82) is 0 Å². The Morgan fingerprint density at radius 3 is 2.85 bits per heavy atom. The molecule has 0 aliphatic rings. The number of aliphatic hydroxyl groups is 1. The standard InChI is InChI=1S/C20H22BrClN2O2/c1-3-5-13(6-4-11-22)7-10-16-18(19(25)20(26)23-2)15-9-8-14(21)12-17(15)24-16/h4-10,12,19,24-25H,3,11H2,1-2H3,(H,23,26)/b6-4-,10-7+,13-5+. The van der Waals surface area contributed by atoms with Crippen LogP contribution in [0.5, 0.6) is 0 Å². The maximum atomic E-state index is 12.0. The van der Waals surface area contributed by atoms with Crippen molar-refractivity contribution in [2.45, 2.75) is 19.4 Å². The number of H-pyrrole nitrogens is 1. The number of aliphatic hydroxyl groups excluding tert-OH is 1. The van der Waals surface area contributed by atoms with Gasteiger partial charge in [-0.25, -0.2) is 0 Å². The monoisotopic (exact) mass is 436 g/mol. The zero-order valence-corrected chi connectivity index (χ0v) is 17.1. The van der Waals surface area contributed by atoms with E-state index in [1.54, 1.807) is 0 Å². The molecule has 4 nitrogen and oxygen atoms in total. The zero-order chi connectivity index (χ0) is 19.1. The first kappa shape index (κ1) is 20.5. The minimum absolute atomic E-state index is 0.440. The average molecular weight is 438 g/mol. The van der Waals surface area contributed by atoms with Crippen molar-refractivity contribution in [2.24, 2.45) is 0 Å². The van der Waals surface area contributed by atoms with Crippen molar-refractivity contribution < 1.29 is 9.90 Å². The highest BCUT2D eigenvalue weighted by molar-refractivity contribution is 9.10. The van der Waals surface area contributed by atoms with Crippen LogP contribution in [0.4, 0.5) is 0 Å². The highest BCUT2D eigenvalue weighted by Crippen LogP contribution is 2.31. The van der Waals surface area contributed by atoms with Crippen LogP contribution in [0.1, 0.15) is 30.7 Å². The Morgan fingerprint density at radius 2 is 2.19 bits per heavy atom. The minimum atomic E-state index is -1.26. The van der Waals surface area contributed by atoms with E-state index in [1.165, 1.54) is 7.05 Å². The molecule has 0 radical (unpaired) electrons. The third-order valence-electron chi connectivity index (χ3n) is 3.88. The van der Waals surface area contributed by atoms with Crippen LogP contribution in [-0.2, 0) is 4.79 Å². The molecule has 26 heavy (non-hydrogen) atoms. The van der Waals surface area contributed by atoms with Gasteiger partial charge in [0.15, 0.2) is 6.10 Å². The molecule has 2 rings (SSSR count). The van der Waals surface area contributed by atoms with Gasteiger partial charge in [0.1, 0.15) is 0 Å². The number of aromatic nitrogens is 1. The van der Waals surface area contributed by atoms with Gasteiger partial charge in [0.25, 0.3) is 5.91 Å². The highest BCUT2D eigenvalue weighted by Gasteiger charge is 2.23. The first-order chi connectivity index (χ1) is 12.5. The largest absolute Gasteiger partial charge is 0.378 e. The molecule has 0 saturated carbocycles. The molecular weight excluding hydrogens is 416 g/mol. The Hall–Kier alpha value is -1.82. The molecule has 0 aliphatic carbocycles. The summed E-state index contributed by atoms with van der Waals surface area (Å²) in [5, 5.41) is 13.8. The number of alkyl halides is 1. The number of allylic oxidation sites excluding steroid dienone is 5. The van der Waals surface area contributed by atoms with Crippen LogP contribution in [0.15, 0.2) is 52.5 Å². The summed E-state index contributed by atoms with van der Waals surface area (Å²) in [6, 6.07) is 5.68. The molecule has 138 valence electrons. The molecular formula is C20H22BrClN2O2. The van der Waals surface area contributed by atoms with E-state index in [9.17, 15) is 9.90 Å². The van der Waals surface area contributed by atoms with Gasteiger partial charge in [0.2, 0.25) is 0 Å². The molecule has 1 aromatic heterocycles. The van der Waals surface area contributed by atoms with Crippen LogP contribution >= 0.6 is 27.5 Å². The number of carbonyl (C=O) groups excluding carboxylic acids is 1. The molecule has 1 heterocycles. The first-order valence-electron chi connectivity index (χ1n) is 8.33. The molecule has 1 aromatic carbocycles. The molecule has 1 atom stereocenters. The zero-order valence-electron chi connectivity index (χ0n) is 14.7. The maximum absolute atomic E-state index is 12.0. The van der Waals surface area contributed by atoms with E-state index >= 15 is 0 Å². The SMILES string of the molecule is CC/C=C(\C=C/CCl)/C=C/c1[nH]c2cc(Br)ccc2c1C(O)C(=O)NC. The van der Waals surface area contributed by atoms with Crippen molar-refractivity contribution in [1.82, 2.24) is 10.3 Å². The van der Waals surface area contributed by atoms with Gasteiger partial charge in [-0.05, 0) is 30.2 Å². The number of benzene rings is 1. The van der Waals surface area contributed by atoms with Crippen LogP contribution in [0.3, 0.4) is 0 Å². The molecule has 0 saturated heterocycles. The second-order valence-corrected chi connectivity index (χ2v) is 6.89. The number of amides is 1. The van der Waals surface area contributed by atoms with Gasteiger partial charge in [-0.2, -0.15) is 0 Å². The van der Waals surface area contributed by atoms with E-state index in [0.717, 1.165) is 27.4 Å². The smallest absolute Gasteiger partial charge is 0.253 e. The number of hydrogen-bond acceptors (Lipinski definition) is 2. The van der Waals surface area contributed by atoms with E-state index in [4.69, 9.17) is 11.6 Å². The highest BCUT2D eigenvalue weighted by atomic mass is 79.9. The van der Waals surface area contributed by atoms with Crippen molar-refractivity contribution in [3.63, 3.8) is 0 Å². The lowest BCUT2D eigenvalue weighted by Gasteiger charge is -2.10. The molecule has 0 spiro atoms. The fourth-order valence-electron chi connectivity index (χ4n) is 2.69. The van der Waals surface area contributed by atoms with Crippen LogP contribution in [0, 0.1) is 0 Å². The number of hydrogen-bond donors (Lipinski definition) is 3. The van der Waals surface area contributed by atoms with Crippen molar-refractivity contribution in [3.8, 4) is 0 Å². The van der Waals surface area contributed by atoms with Gasteiger partial charge in [0.05, 0.1) is 0 Å². The van der Waals surface area contributed by atoms with Gasteiger partial charge < -0.3 is 15.4 Å². The average Bonchev–Trinajstić information content (AvgIpc) is 2.99. The number of fused-ring (bicyclic) bond motifs is 1. The van der Waals surface area contributed by atoms with E-state index in [0.29, 0.717) is 17.1 Å². The number of rotatable bonds is 7. The second-order valence-electron chi connectivity index (χ2n) is 5.66. The normalized spacial score (nSPS) is 13.8. The van der Waals surface area contributed by atoms with Gasteiger partial charge in [-0.1, -0.05) is 53.2 Å². The maximum Gasteiger partial charge on any atom is 0.253 e. The predicted molar refractivity (Wildman–Crippen MR) is 112 cm³/mol. The van der Waals surface area contributed by atoms with Gasteiger partial charge in [-0.15, -0.1) is 11.6 Å². The summed E-state index contributed by atoms with van der Waals surface area (Å²) in [5.74, 6) is -0.00881. The summed E-state index contributed by atoms with van der Waals surface area (Å²) >= 11 is 9.17. The fraction of sp³-hybridized carbons (Fsp3) is 0.250. The van der Waals surface area contributed by atoms with Crippen LogP contribution in [-0.4, -0.2) is 28.9 Å². The molecule has 2 aromatic rings. The molecule has 0 bridgehead atoms.